The number of nitrogens with two attached hydrogens (primary N) is 1. The Morgan fingerprint density at radius 3 is 2.75 bits per heavy atom. The van der Waals surface area contributed by atoms with Crippen LogP contribution in [0.5, 0.6) is 0 Å². The van der Waals surface area contributed by atoms with Gasteiger partial charge in [-0.2, -0.15) is 0 Å². The first-order valence-corrected chi connectivity index (χ1v) is 4.35. The zero-order valence-electron chi connectivity index (χ0n) is 7.75. The normalized spacial score (nSPS) is 12.9. The maximum Gasteiger partial charge on any atom is 0.0372 e. The molecule has 0 radical (unpaired) electrons. The third-order valence-electron chi connectivity index (χ3n) is 1.86. The van der Waals surface area contributed by atoms with Crippen LogP contribution in [0.4, 0.5) is 0 Å². The van der Waals surface area contributed by atoms with Gasteiger partial charge in [-0.1, -0.05) is 6.07 Å². The first-order chi connectivity index (χ1) is 5.68. The van der Waals surface area contributed by atoms with Gasteiger partial charge in [-0.15, -0.1) is 0 Å². The summed E-state index contributed by atoms with van der Waals surface area (Å²) in [5, 5.41) is 0. The Morgan fingerprint density at radius 1 is 1.50 bits per heavy atom. The lowest BCUT2D eigenvalue weighted by atomic mass is 10.1. The molecule has 0 bridgehead atoms. The lowest BCUT2D eigenvalue weighted by molar-refractivity contribution is 0.665. The fourth-order valence-corrected chi connectivity index (χ4v) is 1.04. The number of aromatic nitrogens is 1. The molecular weight excluding hydrogens is 148 g/mol. The minimum absolute atomic E-state index is 0.284. The highest BCUT2D eigenvalue weighted by Gasteiger charge is 1.96. The molecule has 1 aromatic rings. The number of nitrogens with zero attached hydrogens (tertiary/aromatic N) is 1. The fourth-order valence-electron chi connectivity index (χ4n) is 1.04. The molecule has 1 aromatic heterocycles. The van der Waals surface area contributed by atoms with Crippen LogP contribution in [0, 0.1) is 6.92 Å². The molecule has 0 aliphatic heterocycles. The summed E-state index contributed by atoms with van der Waals surface area (Å²) in [5.41, 5.74) is 7.99. The molecule has 66 valence electrons. The van der Waals surface area contributed by atoms with Crippen LogP contribution in [-0.4, -0.2) is 11.0 Å². The van der Waals surface area contributed by atoms with Crippen molar-refractivity contribution in [1.29, 1.82) is 0 Å². The molecule has 0 aliphatic rings. The van der Waals surface area contributed by atoms with Gasteiger partial charge < -0.3 is 5.73 Å². The highest BCUT2D eigenvalue weighted by Crippen LogP contribution is 2.03. The molecule has 0 saturated heterocycles. The second kappa shape index (κ2) is 4.21. The molecule has 0 aliphatic carbocycles. The van der Waals surface area contributed by atoms with E-state index in [1.54, 1.807) is 0 Å². The van der Waals surface area contributed by atoms with Crippen LogP contribution in [0.2, 0.25) is 0 Å². The summed E-state index contributed by atoms with van der Waals surface area (Å²) < 4.78 is 0. The van der Waals surface area contributed by atoms with E-state index in [2.05, 4.69) is 11.1 Å². The molecule has 1 heterocycles. The van der Waals surface area contributed by atoms with Gasteiger partial charge in [0.15, 0.2) is 0 Å². The predicted molar refractivity (Wildman–Crippen MR) is 50.9 cm³/mol. The number of rotatable bonds is 3. The molecule has 0 unspecified atom stereocenters. The molecule has 1 rings (SSSR count). The zero-order chi connectivity index (χ0) is 8.97. The minimum atomic E-state index is 0.284. The molecule has 12 heavy (non-hydrogen) atoms. The summed E-state index contributed by atoms with van der Waals surface area (Å²) >= 11 is 0. The van der Waals surface area contributed by atoms with Gasteiger partial charge in [-0.05, 0) is 38.3 Å². The van der Waals surface area contributed by atoms with Crippen molar-refractivity contribution in [3.63, 3.8) is 0 Å². The lowest BCUT2D eigenvalue weighted by Crippen LogP contribution is -2.15. The number of pyridine rings is 1. The van der Waals surface area contributed by atoms with Crippen molar-refractivity contribution in [3.8, 4) is 0 Å². The number of hydrogen-bond donors (Lipinski definition) is 1. The van der Waals surface area contributed by atoms with Gasteiger partial charge in [0, 0.05) is 17.9 Å². The Bertz CT molecular complexity index is 226. The van der Waals surface area contributed by atoms with Crippen molar-refractivity contribution in [2.24, 2.45) is 5.73 Å². The molecule has 2 heteroatoms. The molecule has 0 saturated carbocycles. The van der Waals surface area contributed by atoms with Gasteiger partial charge in [-0.3, -0.25) is 4.98 Å². The Hall–Kier alpha value is -0.890. The Labute approximate surface area is 73.8 Å². The summed E-state index contributed by atoms with van der Waals surface area (Å²) in [7, 11) is 0. The highest BCUT2D eigenvalue weighted by molar-refractivity contribution is 5.13. The van der Waals surface area contributed by atoms with E-state index in [1.807, 2.05) is 26.1 Å². The fraction of sp³-hybridized carbons (Fsp3) is 0.500. The van der Waals surface area contributed by atoms with Crippen molar-refractivity contribution in [1.82, 2.24) is 4.98 Å². The smallest absolute Gasteiger partial charge is 0.0372 e. The first-order valence-electron chi connectivity index (χ1n) is 4.35. The standard InChI is InChI=1S/C10H16N2/c1-8(11)3-5-10-6-4-9(2)12-7-10/h4,6-8H,3,5,11H2,1-2H3/t8-/m1/s1. The molecule has 0 fully saturated rings. The van der Waals surface area contributed by atoms with Crippen LogP contribution in [0.15, 0.2) is 18.3 Å². The molecule has 1 atom stereocenters. The van der Waals surface area contributed by atoms with Crippen molar-refractivity contribution < 1.29 is 0 Å². The van der Waals surface area contributed by atoms with Crippen LogP contribution >= 0.6 is 0 Å². The minimum Gasteiger partial charge on any atom is -0.328 e. The topological polar surface area (TPSA) is 38.9 Å². The molecular formula is C10H16N2. The van der Waals surface area contributed by atoms with Gasteiger partial charge in [0.25, 0.3) is 0 Å². The zero-order valence-corrected chi connectivity index (χ0v) is 7.75. The quantitative estimate of drug-likeness (QED) is 0.738. The van der Waals surface area contributed by atoms with Crippen LogP contribution in [0.1, 0.15) is 24.6 Å². The van der Waals surface area contributed by atoms with E-state index in [-0.39, 0.29) is 6.04 Å². The lowest BCUT2D eigenvalue weighted by Gasteiger charge is -2.04. The van der Waals surface area contributed by atoms with Crippen LogP contribution in [-0.2, 0) is 6.42 Å². The van der Waals surface area contributed by atoms with Gasteiger partial charge in [0.05, 0.1) is 0 Å². The third-order valence-corrected chi connectivity index (χ3v) is 1.86. The summed E-state index contributed by atoms with van der Waals surface area (Å²) in [6.45, 7) is 4.02. The summed E-state index contributed by atoms with van der Waals surface area (Å²) in [4.78, 5) is 4.22. The number of hydrogen-bond acceptors (Lipinski definition) is 2. The van der Waals surface area contributed by atoms with Gasteiger partial charge in [0.2, 0.25) is 0 Å². The largest absolute Gasteiger partial charge is 0.328 e. The molecule has 0 amide bonds. The maximum absolute atomic E-state index is 5.65. The van der Waals surface area contributed by atoms with Crippen LogP contribution in [0.3, 0.4) is 0 Å². The molecule has 2 N–H and O–H groups in total. The molecule has 0 spiro atoms. The van der Waals surface area contributed by atoms with Gasteiger partial charge >= 0.3 is 0 Å². The van der Waals surface area contributed by atoms with Crippen LogP contribution in [0.25, 0.3) is 0 Å². The van der Waals surface area contributed by atoms with E-state index in [1.165, 1.54) is 5.56 Å². The van der Waals surface area contributed by atoms with E-state index in [9.17, 15) is 0 Å². The second-order valence-corrected chi connectivity index (χ2v) is 3.32. The average molecular weight is 164 g/mol. The van der Waals surface area contributed by atoms with E-state index in [0.29, 0.717) is 0 Å². The maximum atomic E-state index is 5.65. The summed E-state index contributed by atoms with van der Waals surface area (Å²) in [6.07, 6.45) is 3.99. The third kappa shape index (κ3) is 3.01. The average Bonchev–Trinajstić information content (AvgIpc) is 2.03. The van der Waals surface area contributed by atoms with Crippen molar-refractivity contribution >= 4 is 0 Å². The Morgan fingerprint density at radius 2 is 2.25 bits per heavy atom. The highest BCUT2D eigenvalue weighted by atomic mass is 14.7. The van der Waals surface area contributed by atoms with Crippen molar-refractivity contribution in [2.75, 3.05) is 0 Å². The van der Waals surface area contributed by atoms with Gasteiger partial charge in [-0.25, -0.2) is 0 Å². The van der Waals surface area contributed by atoms with E-state index >= 15 is 0 Å². The molecule has 0 aromatic carbocycles. The van der Waals surface area contributed by atoms with E-state index < -0.39 is 0 Å². The van der Waals surface area contributed by atoms with Crippen molar-refractivity contribution in [2.45, 2.75) is 32.7 Å². The first kappa shape index (κ1) is 9.20. The monoisotopic (exact) mass is 164 g/mol. The SMILES string of the molecule is Cc1ccc(CC[C@@H](C)N)cn1. The van der Waals surface area contributed by atoms with Crippen LogP contribution < -0.4 is 5.73 Å². The van der Waals surface area contributed by atoms with Crippen molar-refractivity contribution in [3.05, 3.63) is 29.6 Å². The Kier molecular flexibility index (Phi) is 3.23. The van der Waals surface area contributed by atoms with Gasteiger partial charge in [0.1, 0.15) is 0 Å². The summed E-state index contributed by atoms with van der Waals surface area (Å²) in [5.74, 6) is 0. The molecule has 2 nitrogen and oxygen atoms in total. The second-order valence-electron chi connectivity index (χ2n) is 3.32. The summed E-state index contributed by atoms with van der Waals surface area (Å²) in [6, 6.07) is 4.44. The number of aryl methyl sites for hydroxylation is 2. The predicted octanol–water partition coefficient (Wildman–Crippen LogP) is 1.67. The van der Waals surface area contributed by atoms with E-state index in [0.717, 1.165) is 18.5 Å². The van der Waals surface area contributed by atoms with E-state index in [4.69, 9.17) is 5.73 Å². The Balaban J connectivity index is 2.48.